The summed E-state index contributed by atoms with van der Waals surface area (Å²) in [5.74, 6) is -2.18. The maximum absolute atomic E-state index is 12.3. The highest BCUT2D eigenvalue weighted by molar-refractivity contribution is 5.92. The van der Waals surface area contributed by atoms with Gasteiger partial charge in [-0.3, -0.25) is 14.5 Å². The van der Waals surface area contributed by atoms with Gasteiger partial charge in [-0.1, -0.05) is 13.0 Å². The molecular weight excluding hydrogens is 426 g/mol. The fourth-order valence-corrected chi connectivity index (χ4v) is 4.76. The molecule has 1 aliphatic heterocycles. The number of hydrogen-bond acceptors (Lipinski definition) is 6. The molecule has 2 aromatic heterocycles. The summed E-state index contributed by atoms with van der Waals surface area (Å²) in [5, 5.41) is 20.7. The predicted molar refractivity (Wildman–Crippen MR) is 122 cm³/mol. The minimum Gasteiger partial charge on any atom is -0.506 e. The molecule has 9 heteroatoms. The lowest BCUT2D eigenvalue weighted by molar-refractivity contribution is -0.146. The van der Waals surface area contributed by atoms with Gasteiger partial charge in [0.15, 0.2) is 5.56 Å². The first-order valence-corrected chi connectivity index (χ1v) is 10.9. The maximum Gasteiger partial charge on any atom is 0.345 e. The minimum atomic E-state index is -1.47. The number of carbonyl (C=O) groups is 2. The quantitative estimate of drug-likeness (QED) is 0.490. The lowest BCUT2D eigenvalue weighted by atomic mass is 9.99. The van der Waals surface area contributed by atoms with Crippen LogP contribution < -0.4 is 5.56 Å². The van der Waals surface area contributed by atoms with Gasteiger partial charge >= 0.3 is 11.9 Å². The van der Waals surface area contributed by atoms with Gasteiger partial charge in [0, 0.05) is 35.8 Å². The molecular formula is C24H27N3O6. The summed E-state index contributed by atoms with van der Waals surface area (Å²) in [7, 11) is 3.38. The SMILES string of the molecule is CCc1c(-c2ccc3c(c2)cc(CN2CCC[C@H]2C(=O)OC)n3C)[nH]c(=O)c(C(=O)O)c1O. The van der Waals surface area contributed by atoms with Crippen molar-refractivity contribution in [1.82, 2.24) is 14.5 Å². The lowest BCUT2D eigenvalue weighted by Gasteiger charge is -2.22. The fraction of sp³-hybridized carbons (Fsp3) is 0.375. The van der Waals surface area contributed by atoms with Gasteiger partial charge in [0.25, 0.3) is 5.56 Å². The molecule has 0 saturated carbocycles. The van der Waals surface area contributed by atoms with E-state index in [2.05, 4.69) is 14.5 Å². The van der Waals surface area contributed by atoms with Crippen LogP contribution in [0.3, 0.4) is 0 Å². The van der Waals surface area contributed by atoms with Crippen molar-refractivity contribution in [2.75, 3.05) is 13.7 Å². The maximum atomic E-state index is 12.3. The molecule has 0 radical (unpaired) electrons. The predicted octanol–water partition coefficient (Wildman–Crippen LogP) is 2.64. The molecule has 1 aliphatic rings. The summed E-state index contributed by atoms with van der Waals surface area (Å²) in [4.78, 5) is 40.6. The van der Waals surface area contributed by atoms with Gasteiger partial charge in [-0.25, -0.2) is 4.79 Å². The average molecular weight is 453 g/mol. The third-order valence-electron chi connectivity index (χ3n) is 6.49. The summed E-state index contributed by atoms with van der Waals surface area (Å²) in [6.07, 6.45) is 2.07. The van der Waals surface area contributed by atoms with E-state index in [1.807, 2.05) is 31.3 Å². The van der Waals surface area contributed by atoms with Crippen LogP contribution in [-0.4, -0.2) is 56.3 Å². The van der Waals surface area contributed by atoms with E-state index in [0.717, 1.165) is 36.0 Å². The number of H-pyrrole nitrogens is 1. The normalized spacial score (nSPS) is 16.4. The number of methoxy groups -OCH3 is 1. The Balaban J connectivity index is 1.74. The molecule has 1 aromatic carbocycles. The Kier molecular flexibility index (Phi) is 5.99. The van der Waals surface area contributed by atoms with Crippen LogP contribution in [0.1, 0.15) is 41.4 Å². The van der Waals surface area contributed by atoms with Gasteiger partial charge in [0.1, 0.15) is 11.8 Å². The van der Waals surface area contributed by atoms with Gasteiger partial charge in [0.2, 0.25) is 0 Å². The topological polar surface area (TPSA) is 125 Å². The molecule has 4 rings (SSSR count). The third-order valence-corrected chi connectivity index (χ3v) is 6.49. The van der Waals surface area contributed by atoms with Crippen molar-refractivity contribution in [3.8, 4) is 17.0 Å². The number of aromatic hydroxyl groups is 1. The summed E-state index contributed by atoms with van der Waals surface area (Å²) in [6, 6.07) is 7.47. The molecule has 3 N–H and O–H groups in total. The largest absolute Gasteiger partial charge is 0.506 e. The van der Waals surface area contributed by atoms with Crippen LogP contribution in [0.15, 0.2) is 29.1 Å². The number of aromatic amines is 1. The van der Waals surface area contributed by atoms with Crippen LogP contribution >= 0.6 is 0 Å². The average Bonchev–Trinajstić information content (AvgIpc) is 3.37. The van der Waals surface area contributed by atoms with E-state index in [0.29, 0.717) is 29.8 Å². The number of ether oxygens (including phenoxy) is 1. The zero-order chi connectivity index (χ0) is 23.9. The zero-order valence-corrected chi connectivity index (χ0v) is 18.8. The first-order valence-electron chi connectivity index (χ1n) is 10.9. The number of benzene rings is 1. The highest BCUT2D eigenvalue weighted by Gasteiger charge is 2.32. The van der Waals surface area contributed by atoms with Crippen molar-refractivity contribution in [2.45, 2.75) is 38.8 Å². The van der Waals surface area contributed by atoms with Crippen molar-refractivity contribution in [3.63, 3.8) is 0 Å². The van der Waals surface area contributed by atoms with Gasteiger partial charge < -0.3 is 24.5 Å². The number of esters is 1. The zero-order valence-electron chi connectivity index (χ0n) is 18.8. The number of aromatic nitrogens is 2. The standard InChI is InChI=1S/C24H27N3O6/c1-4-16-20(25-22(29)19(21(16)28)23(30)31)13-7-8-17-14(10-13)11-15(26(17)2)12-27-9-5-6-18(27)24(32)33-3/h7-8,10-11,18H,4-6,9,12H2,1-3H3,(H,30,31)(H2,25,28,29)/t18-/m0/s1. The van der Waals surface area contributed by atoms with Crippen molar-refractivity contribution in [3.05, 3.63) is 51.4 Å². The van der Waals surface area contributed by atoms with Crippen molar-refractivity contribution in [1.29, 1.82) is 0 Å². The second-order valence-electron chi connectivity index (χ2n) is 8.31. The fourth-order valence-electron chi connectivity index (χ4n) is 4.76. The number of carbonyl (C=O) groups excluding carboxylic acids is 1. The van der Waals surface area contributed by atoms with E-state index in [9.17, 15) is 24.6 Å². The first-order chi connectivity index (χ1) is 15.8. The number of aryl methyl sites for hydroxylation is 1. The summed E-state index contributed by atoms with van der Waals surface area (Å²) in [5.41, 5.74) is 1.98. The number of aromatic carboxylic acids is 1. The van der Waals surface area contributed by atoms with Gasteiger partial charge in [-0.2, -0.15) is 0 Å². The Morgan fingerprint density at radius 1 is 1.27 bits per heavy atom. The number of nitrogens with zero attached hydrogens (tertiary/aromatic N) is 2. The Bertz CT molecular complexity index is 1310. The number of carboxylic acid groups (broad SMARTS) is 1. The van der Waals surface area contributed by atoms with E-state index in [-0.39, 0.29) is 12.0 Å². The van der Waals surface area contributed by atoms with Crippen LogP contribution in [-0.2, 0) is 29.5 Å². The molecule has 9 nitrogen and oxygen atoms in total. The minimum absolute atomic E-state index is 0.214. The van der Waals surface area contributed by atoms with Crippen molar-refractivity contribution >= 4 is 22.8 Å². The number of rotatable bonds is 6. The molecule has 0 spiro atoms. The molecule has 0 aliphatic carbocycles. The molecule has 0 amide bonds. The van der Waals surface area contributed by atoms with E-state index in [1.54, 1.807) is 6.92 Å². The molecule has 0 unspecified atom stereocenters. The van der Waals surface area contributed by atoms with Crippen LogP contribution in [0.4, 0.5) is 0 Å². The second-order valence-corrected chi connectivity index (χ2v) is 8.31. The molecule has 33 heavy (non-hydrogen) atoms. The number of fused-ring (bicyclic) bond motifs is 1. The van der Waals surface area contributed by atoms with Gasteiger partial charge in [-0.05, 0) is 49.6 Å². The van der Waals surface area contributed by atoms with Crippen LogP contribution in [0.25, 0.3) is 22.2 Å². The van der Waals surface area contributed by atoms with Crippen molar-refractivity contribution < 1.29 is 24.5 Å². The highest BCUT2D eigenvalue weighted by atomic mass is 16.5. The van der Waals surface area contributed by atoms with Crippen LogP contribution in [0.2, 0.25) is 0 Å². The summed E-state index contributed by atoms with van der Waals surface area (Å²) in [6.45, 7) is 3.21. The number of pyridine rings is 1. The lowest BCUT2D eigenvalue weighted by Crippen LogP contribution is -2.36. The monoisotopic (exact) mass is 453 g/mol. The first kappa shape index (κ1) is 22.6. The van der Waals surface area contributed by atoms with Gasteiger partial charge in [0.05, 0.1) is 12.8 Å². The Hall–Kier alpha value is -3.59. The molecule has 1 fully saturated rings. The van der Waals surface area contributed by atoms with E-state index < -0.39 is 22.8 Å². The molecule has 1 atom stereocenters. The summed E-state index contributed by atoms with van der Waals surface area (Å²) >= 11 is 0. The summed E-state index contributed by atoms with van der Waals surface area (Å²) < 4.78 is 7.02. The smallest absolute Gasteiger partial charge is 0.345 e. The second kappa shape index (κ2) is 8.74. The van der Waals surface area contributed by atoms with E-state index in [4.69, 9.17) is 4.74 Å². The van der Waals surface area contributed by atoms with E-state index in [1.165, 1.54) is 7.11 Å². The third kappa shape index (κ3) is 3.89. The molecule has 174 valence electrons. The van der Waals surface area contributed by atoms with Gasteiger partial charge in [-0.15, -0.1) is 0 Å². The molecule has 3 aromatic rings. The van der Waals surface area contributed by atoms with Crippen LogP contribution in [0.5, 0.6) is 5.75 Å². The number of likely N-dealkylation sites (tertiary alicyclic amines) is 1. The molecule has 1 saturated heterocycles. The van der Waals surface area contributed by atoms with E-state index >= 15 is 0 Å². The Morgan fingerprint density at radius 2 is 2.03 bits per heavy atom. The highest BCUT2D eigenvalue weighted by Crippen LogP contribution is 2.33. The van der Waals surface area contributed by atoms with Crippen LogP contribution in [0, 0.1) is 0 Å². The molecule has 3 heterocycles. The Morgan fingerprint density at radius 3 is 2.70 bits per heavy atom. The number of hydrogen-bond donors (Lipinski definition) is 3. The van der Waals surface area contributed by atoms with Crippen molar-refractivity contribution in [2.24, 2.45) is 7.05 Å². The molecule has 0 bridgehead atoms. The number of carboxylic acids is 1. The number of nitrogens with one attached hydrogen (secondary N) is 1. The Labute approximate surface area is 190 Å².